The second-order valence-corrected chi connectivity index (χ2v) is 4.13. The van der Waals surface area contributed by atoms with E-state index < -0.39 is 0 Å². The molecule has 0 saturated heterocycles. The van der Waals surface area contributed by atoms with Crippen molar-refractivity contribution in [1.82, 2.24) is 20.2 Å². The molecular formula is C15H12N6. The molecule has 102 valence electrons. The van der Waals surface area contributed by atoms with Gasteiger partial charge in [-0.15, -0.1) is 5.10 Å². The van der Waals surface area contributed by atoms with Crippen LogP contribution in [0, 0.1) is 0 Å². The molecule has 1 aliphatic rings. The molecule has 0 saturated carbocycles. The number of benzene rings is 1. The summed E-state index contributed by atoms with van der Waals surface area (Å²) in [5.41, 5.74) is 6.52. The van der Waals surface area contributed by atoms with E-state index in [-0.39, 0.29) is 0 Å². The largest absolute Gasteiger partial charge is 0.278 e. The van der Waals surface area contributed by atoms with Crippen LogP contribution >= 0.6 is 0 Å². The van der Waals surface area contributed by atoms with Crippen molar-refractivity contribution in [2.75, 3.05) is 5.43 Å². The van der Waals surface area contributed by atoms with E-state index in [0.29, 0.717) is 5.65 Å². The average molecular weight is 276 g/mol. The van der Waals surface area contributed by atoms with Crippen molar-refractivity contribution in [3.63, 3.8) is 0 Å². The number of rotatable bonds is 0. The van der Waals surface area contributed by atoms with Gasteiger partial charge in [0, 0.05) is 18.6 Å². The molecule has 0 unspecified atom stereocenters. The molecule has 3 aromatic rings. The van der Waals surface area contributed by atoms with Gasteiger partial charge in [-0.3, -0.25) is 10.4 Å². The predicted octanol–water partition coefficient (Wildman–Crippen LogP) is 2.53. The lowest BCUT2D eigenvalue weighted by atomic mass is 10.2. The molecule has 3 heterocycles. The van der Waals surface area contributed by atoms with Crippen LogP contribution in [0.2, 0.25) is 0 Å². The zero-order valence-electron chi connectivity index (χ0n) is 11.1. The Morgan fingerprint density at radius 1 is 0.905 bits per heavy atom. The highest BCUT2D eigenvalue weighted by Gasteiger charge is 1.96. The number of fused-ring (bicyclic) bond motifs is 2. The Hall–Kier alpha value is -3.15. The highest BCUT2D eigenvalue weighted by atomic mass is 15.3. The molecular weight excluding hydrogens is 264 g/mol. The van der Waals surface area contributed by atoms with Crippen LogP contribution in [0.25, 0.3) is 17.2 Å². The molecule has 2 aromatic heterocycles. The van der Waals surface area contributed by atoms with Gasteiger partial charge in [-0.05, 0) is 23.8 Å². The molecule has 0 amide bonds. The Morgan fingerprint density at radius 3 is 2.76 bits per heavy atom. The maximum absolute atomic E-state index is 4.02. The number of para-hydroxylation sites is 1. The van der Waals surface area contributed by atoms with Crippen molar-refractivity contribution < 1.29 is 0 Å². The molecule has 0 atom stereocenters. The van der Waals surface area contributed by atoms with Gasteiger partial charge < -0.3 is 0 Å². The zero-order chi connectivity index (χ0) is 14.3. The van der Waals surface area contributed by atoms with E-state index in [1.807, 2.05) is 36.4 Å². The number of hydrazone groups is 1. The number of aromatic nitrogens is 4. The van der Waals surface area contributed by atoms with E-state index in [0.717, 1.165) is 11.2 Å². The van der Waals surface area contributed by atoms with Crippen LogP contribution in [0.5, 0.6) is 0 Å². The van der Waals surface area contributed by atoms with Crippen molar-refractivity contribution >= 4 is 29.1 Å². The standard InChI is InChI=1S/C9H8N2.C6H4N4/c1-2-6-9-8(4-1)5-3-7-10-11-9;1-2-9-10-6-5(1)7-3-4-8-6/h1-7,11H;1-4H. The number of allylic oxidation sites excluding steroid dienone is 1. The van der Waals surface area contributed by atoms with Crippen molar-refractivity contribution in [2.24, 2.45) is 5.10 Å². The second-order valence-electron chi connectivity index (χ2n) is 4.13. The monoisotopic (exact) mass is 276 g/mol. The molecule has 0 radical (unpaired) electrons. The lowest BCUT2D eigenvalue weighted by Crippen LogP contribution is -1.87. The Bertz CT molecular complexity index is 731. The maximum Gasteiger partial charge on any atom is 0.200 e. The van der Waals surface area contributed by atoms with Crippen LogP contribution in [-0.2, 0) is 0 Å². The molecule has 1 N–H and O–H groups in total. The summed E-state index contributed by atoms with van der Waals surface area (Å²) < 4.78 is 0. The minimum atomic E-state index is 0.588. The van der Waals surface area contributed by atoms with E-state index in [4.69, 9.17) is 0 Å². The van der Waals surface area contributed by atoms with Crippen LogP contribution in [-0.4, -0.2) is 26.4 Å². The van der Waals surface area contributed by atoms with Crippen LogP contribution < -0.4 is 5.43 Å². The minimum Gasteiger partial charge on any atom is -0.278 e. The first-order valence-electron chi connectivity index (χ1n) is 6.37. The first kappa shape index (κ1) is 12.9. The highest BCUT2D eigenvalue weighted by molar-refractivity contribution is 5.83. The third kappa shape index (κ3) is 3.24. The number of nitrogens with zero attached hydrogens (tertiary/aromatic N) is 5. The molecule has 1 aliphatic heterocycles. The first-order chi connectivity index (χ1) is 10.4. The Kier molecular flexibility index (Phi) is 3.88. The summed E-state index contributed by atoms with van der Waals surface area (Å²) in [6, 6.07) is 9.82. The first-order valence-corrected chi connectivity index (χ1v) is 6.37. The number of anilines is 1. The summed E-state index contributed by atoms with van der Waals surface area (Å²) in [6.45, 7) is 0. The fourth-order valence-electron chi connectivity index (χ4n) is 1.77. The quantitative estimate of drug-likeness (QED) is 0.682. The van der Waals surface area contributed by atoms with Crippen molar-refractivity contribution in [2.45, 2.75) is 0 Å². The second kappa shape index (κ2) is 6.33. The highest BCUT2D eigenvalue weighted by Crippen LogP contribution is 2.17. The molecule has 0 aliphatic carbocycles. The van der Waals surface area contributed by atoms with Gasteiger partial charge >= 0.3 is 0 Å². The summed E-state index contributed by atoms with van der Waals surface area (Å²) in [6.07, 6.45) is 10.5. The number of hydrogen-bond donors (Lipinski definition) is 1. The van der Waals surface area contributed by atoms with Gasteiger partial charge in [-0.25, -0.2) is 4.98 Å². The molecule has 6 heteroatoms. The maximum atomic E-state index is 4.02. The Balaban J connectivity index is 0.000000126. The van der Waals surface area contributed by atoms with E-state index in [2.05, 4.69) is 30.7 Å². The van der Waals surface area contributed by atoms with Crippen LogP contribution in [0.1, 0.15) is 5.56 Å². The molecule has 0 bridgehead atoms. The van der Waals surface area contributed by atoms with Gasteiger partial charge in [0.1, 0.15) is 5.52 Å². The number of nitrogens with one attached hydrogen (secondary N) is 1. The molecule has 0 fully saturated rings. The summed E-state index contributed by atoms with van der Waals surface area (Å²) in [5, 5.41) is 11.4. The lowest BCUT2D eigenvalue weighted by Gasteiger charge is -2.00. The fourth-order valence-corrected chi connectivity index (χ4v) is 1.77. The molecule has 21 heavy (non-hydrogen) atoms. The summed E-state index contributed by atoms with van der Waals surface area (Å²) >= 11 is 0. The zero-order valence-corrected chi connectivity index (χ0v) is 11.1. The number of hydrogen-bond acceptors (Lipinski definition) is 6. The SMILES string of the molecule is C1=Cc2ccccc2NN=C1.c1cc2nccnc2nn1. The summed E-state index contributed by atoms with van der Waals surface area (Å²) in [7, 11) is 0. The van der Waals surface area contributed by atoms with E-state index in [9.17, 15) is 0 Å². The topological polar surface area (TPSA) is 76.0 Å². The molecule has 0 spiro atoms. The van der Waals surface area contributed by atoms with E-state index >= 15 is 0 Å². The third-order valence-electron chi connectivity index (χ3n) is 2.74. The lowest BCUT2D eigenvalue weighted by molar-refractivity contribution is 1.04. The normalized spacial score (nSPS) is 11.8. The van der Waals surface area contributed by atoms with Gasteiger partial charge in [0.15, 0.2) is 5.65 Å². The van der Waals surface area contributed by atoms with Crippen molar-refractivity contribution in [1.29, 1.82) is 0 Å². The summed E-state index contributed by atoms with van der Waals surface area (Å²) in [4.78, 5) is 7.96. The van der Waals surface area contributed by atoms with Crippen molar-refractivity contribution in [3.05, 3.63) is 60.6 Å². The van der Waals surface area contributed by atoms with Crippen molar-refractivity contribution in [3.8, 4) is 0 Å². The molecule has 6 nitrogen and oxygen atoms in total. The summed E-state index contributed by atoms with van der Waals surface area (Å²) in [5.74, 6) is 0. The predicted molar refractivity (Wildman–Crippen MR) is 82.7 cm³/mol. The van der Waals surface area contributed by atoms with Gasteiger partial charge in [0.05, 0.1) is 11.9 Å². The molecule has 4 rings (SSSR count). The van der Waals surface area contributed by atoms with Crippen LogP contribution in [0.3, 0.4) is 0 Å². The Labute approximate surface area is 121 Å². The minimum absolute atomic E-state index is 0.588. The van der Waals surface area contributed by atoms with Crippen LogP contribution in [0.4, 0.5) is 5.69 Å². The average Bonchev–Trinajstić information content (AvgIpc) is 2.81. The Morgan fingerprint density at radius 2 is 1.81 bits per heavy atom. The van der Waals surface area contributed by atoms with E-state index in [1.165, 1.54) is 5.56 Å². The fraction of sp³-hybridized carbons (Fsp3) is 0. The van der Waals surface area contributed by atoms with Gasteiger partial charge in [0.25, 0.3) is 0 Å². The van der Waals surface area contributed by atoms with Gasteiger partial charge in [-0.1, -0.05) is 24.3 Å². The van der Waals surface area contributed by atoms with Gasteiger partial charge in [-0.2, -0.15) is 10.2 Å². The van der Waals surface area contributed by atoms with E-state index in [1.54, 1.807) is 30.9 Å². The van der Waals surface area contributed by atoms with Gasteiger partial charge in [0.2, 0.25) is 0 Å². The molecule has 1 aromatic carbocycles. The third-order valence-corrected chi connectivity index (χ3v) is 2.74. The van der Waals surface area contributed by atoms with Crippen LogP contribution in [0.15, 0.2) is 60.1 Å². The smallest absolute Gasteiger partial charge is 0.200 e.